The number of hydrogen-bond acceptors (Lipinski definition) is 7. The van der Waals surface area contributed by atoms with Gasteiger partial charge < -0.3 is 24.9 Å². The Morgan fingerprint density at radius 3 is 2.63 bits per heavy atom. The minimum atomic E-state index is -0.211. The van der Waals surface area contributed by atoms with Crippen molar-refractivity contribution in [2.75, 3.05) is 64.6 Å². The summed E-state index contributed by atoms with van der Waals surface area (Å²) in [6.07, 6.45) is 0. The van der Waals surface area contributed by atoms with Gasteiger partial charge in [0, 0.05) is 57.6 Å². The average molecular weight is 373 g/mol. The van der Waals surface area contributed by atoms with Crippen LogP contribution in [0.1, 0.15) is 0 Å². The van der Waals surface area contributed by atoms with Crippen molar-refractivity contribution in [2.24, 2.45) is 0 Å². The lowest BCUT2D eigenvalue weighted by Crippen LogP contribution is -2.54. The van der Waals surface area contributed by atoms with Gasteiger partial charge in [0.1, 0.15) is 0 Å². The van der Waals surface area contributed by atoms with E-state index in [1.54, 1.807) is 4.90 Å². The number of amides is 2. The first-order chi connectivity index (χ1) is 12.9. The van der Waals surface area contributed by atoms with Crippen LogP contribution >= 0.6 is 0 Å². The van der Waals surface area contributed by atoms with Crippen LogP contribution in [-0.2, 0) is 0 Å². The topological polar surface area (TPSA) is 89.8 Å². The molecule has 2 aromatic rings. The number of piperazine rings is 1. The lowest BCUT2D eigenvalue weighted by Gasteiger charge is -2.37. The van der Waals surface area contributed by atoms with Crippen LogP contribution in [0.3, 0.4) is 0 Å². The van der Waals surface area contributed by atoms with E-state index < -0.39 is 0 Å². The highest BCUT2D eigenvalue weighted by molar-refractivity contribution is 5.89. The molecular formula is C18H27N7O2. The molecule has 1 atom stereocenters. The second-order valence-electron chi connectivity index (χ2n) is 7.09. The first kappa shape index (κ1) is 19.1. The van der Waals surface area contributed by atoms with E-state index in [1.807, 2.05) is 38.4 Å². The van der Waals surface area contributed by atoms with Gasteiger partial charge in [0.05, 0.1) is 0 Å². The maximum absolute atomic E-state index is 12.2. The first-order valence-electron chi connectivity index (χ1n) is 8.97. The van der Waals surface area contributed by atoms with Crippen LogP contribution in [0.5, 0.6) is 0 Å². The molecule has 0 bridgehead atoms. The third-order valence-electron chi connectivity index (χ3n) is 4.67. The second kappa shape index (κ2) is 8.36. The summed E-state index contributed by atoms with van der Waals surface area (Å²) in [6.45, 7) is 3.63. The summed E-state index contributed by atoms with van der Waals surface area (Å²) < 4.78 is 5.57. The molecule has 9 nitrogen and oxygen atoms in total. The van der Waals surface area contributed by atoms with Crippen molar-refractivity contribution in [3.8, 4) is 11.5 Å². The van der Waals surface area contributed by atoms with E-state index in [0.29, 0.717) is 30.2 Å². The molecule has 3 rings (SSSR count). The molecule has 0 unspecified atom stereocenters. The number of nitrogens with one attached hydrogen (secondary N) is 2. The van der Waals surface area contributed by atoms with E-state index in [4.69, 9.17) is 4.42 Å². The Kier molecular flexibility index (Phi) is 5.92. The third kappa shape index (κ3) is 4.95. The second-order valence-corrected chi connectivity index (χ2v) is 7.09. The van der Waals surface area contributed by atoms with Crippen molar-refractivity contribution in [2.45, 2.75) is 6.04 Å². The summed E-state index contributed by atoms with van der Waals surface area (Å²) in [5, 5.41) is 13.8. The van der Waals surface area contributed by atoms with Crippen molar-refractivity contribution >= 4 is 17.7 Å². The van der Waals surface area contributed by atoms with Crippen LogP contribution in [0.15, 0.2) is 28.7 Å². The Morgan fingerprint density at radius 2 is 1.96 bits per heavy atom. The zero-order valence-electron chi connectivity index (χ0n) is 16.3. The summed E-state index contributed by atoms with van der Waals surface area (Å²) >= 11 is 0. The van der Waals surface area contributed by atoms with E-state index in [9.17, 15) is 4.79 Å². The minimum absolute atomic E-state index is 0.211. The molecule has 1 aliphatic heterocycles. The highest BCUT2D eigenvalue weighted by Gasteiger charge is 2.22. The number of nitrogens with zero attached hydrogens (tertiary/aromatic N) is 5. The van der Waals surface area contributed by atoms with Crippen LogP contribution < -0.4 is 15.5 Å². The van der Waals surface area contributed by atoms with Gasteiger partial charge >= 0.3 is 12.0 Å². The molecule has 2 amide bonds. The molecule has 1 aliphatic rings. The quantitative estimate of drug-likeness (QED) is 0.813. The minimum Gasteiger partial charge on any atom is -0.403 e. The smallest absolute Gasteiger partial charge is 0.319 e. The molecule has 27 heavy (non-hydrogen) atoms. The molecule has 0 saturated carbocycles. The number of likely N-dealkylation sites (N-methyl/N-ethyl adjacent to an activating group) is 2. The molecule has 9 heteroatoms. The van der Waals surface area contributed by atoms with Gasteiger partial charge in [-0.05, 0) is 38.4 Å². The number of rotatable bonds is 5. The molecule has 1 fully saturated rings. The number of carbonyl (C=O) groups is 1. The normalized spacial score (nSPS) is 18.3. The van der Waals surface area contributed by atoms with Crippen molar-refractivity contribution < 1.29 is 9.21 Å². The summed E-state index contributed by atoms with van der Waals surface area (Å²) in [4.78, 5) is 18.5. The van der Waals surface area contributed by atoms with Crippen LogP contribution in [0, 0.1) is 0 Å². The number of hydrogen-bond donors (Lipinski definition) is 2. The molecule has 1 saturated heterocycles. The SMILES string of the molecule is CN1CCN(C)[C@@H](CNC(=O)Nc2ccc(-c3nnc(N(C)C)o3)cc2)C1. The Bertz CT molecular complexity index is 759. The highest BCUT2D eigenvalue weighted by atomic mass is 16.4. The molecule has 146 valence electrons. The lowest BCUT2D eigenvalue weighted by molar-refractivity contribution is 0.115. The van der Waals surface area contributed by atoms with E-state index in [0.717, 1.165) is 25.2 Å². The van der Waals surface area contributed by atoms with Crippen molar-refractivity contribution in [3.63, 3.8) is 0 Å². The molecule has 2 heterocycles. The van der Waals surface area contributed by atoms with Crippen LogP contribution in [-0.4, -0.2) is 86.4 Å². The largest absolute Gasteiger partial charge is 0.403 e. The lowest BCUT2D eigenvalue weighted by atomic mass is 10.2. The molecule has 2 N–H and O–H groups in total. The van der Waals surface area contributed by atoms with E-state index in [1.165, 1.54) is 0 Å². The number of carbonyl (C=O) groups excluding carboxylic acids is 1. The van der Waals surface area contributed by atoms with Gasteiger partial charge in [-0.2, -0.15) is 0 Å². The molecule has 0 spiro atoms. The Labute approximate surface area is 159 Å². The zero-order chi connectivity index (χ0) is 19.4. The van der Waals surface area contributed by atoms with Gasteiger partial charge in [-0.15, -0.1) is 5.10 Å². The maximum Gasteiger partial charge on any atom is 0.319 e. The summed E-state index contributed by atoms with van der Waals surface area (Å²) in [5.41, 5.74) is 1.51. The summed E-state index contributed by atoms with van der Waals surface area (Å²) in [6, 6.07) is 7.87. The predicted molar refractivity (Wildman–Crippen MR) is 105 cm³/mol. The van der Waals surface area contributed by atoms with Gasteiger partial charge in [-0.25, -0.2) is 4.79 Å². The monoisotopic (exact) mass is 373 g/mol. The van der Waals surface area contributed by atoms with Crippen LogP contribution in [0.2, 0.25) is 0 Å². The third-order valence-corrected chi connectivity index (χ3v) is 4.67. The summed E-state index contributed by atoms with van der Waals surface area (Å²) in [5.74, 6) is 0.444. The fourth-order valence-corrected chi connectivity index (χ4v) is 2.92. The predicted octanol–water partition coefficient (Wildman–Crippen LogP) is 1.17. The van der Waals surface area contributed by atoms with Gasteiger partial charge in [0.25, 0.3) is 0 Å². The molecule has 0 radical (unpaired) electrons. The fraction of sp³-hybridized carbons (Fsp3) is 0.500. The van der Waals surface area contributed by atoms with Gasteiger partial charge in [0.15, 0.2) is 0 Å². The molecule has 1 aromatic carbocycles. The van der Waals surface area contributed by atoms with Crippen molar-refractivity contribution in [3.05, 3.63) is 24.3 Å². The average Bonchev–Trinajstić information content (AvgIpc) is 3.13. The number of anilines is 2. The van der Waals surface area contributed by atoms with E-state index in [2.05, 4.69) is 44.7 Å². The van der Waals surface area contributed by atoms with E-state index in [-0.39, 0.29) is 6.03 Å². The van der Waals surface area contributed by atoms with Crippen molar-refractivity contribution in [1.29, 1.82) is 0 Å². The van der Waals surface area contributed by atoms with Gasteiger partial charge in [-0.3, -0.25) is 4.90 Å². The standard InChI is InChI=1S/C18H27N7O2/c1-23(2)18-22-21-16(27-18)13-5-7-14(8-6-13)20-17(26)19-11-15-12-24(3)9-10-25(15)4/h5-8,15H,9-12H2,1-4H3,(H2,19,20,26)/t15-/m0/s1. The molecule has 1 aromatic heterocycles. The Hall–Kier alpha value is -2.65. The zero-order valence-corrected chi connectivity index (χ0v) is 16.3. The molecular weight excluding hydrogens is 346 g/mol. The van der Waals surface area contributed by atoms with Gasteiger partial charge in [-0.1, -0.05) is 5.10 Å². The van der Waals surface area contributed by atoms with Crippen molar-refractivity contribution in [1.82, 2.24) is 25.3 Å². The maximum atomic E-state index is 12.2. The van der Waals surface area contributed by atoms with E-state index >= 15 is 0 Å². The fourth-order valence-electron chi connectivity index (χ4n) is 2.92. The number of benzene rings is 1. The number of aromatic nitrogens is 2. The highest BCUT2D eigenvalue weighted by Crippen LogP contribution is 2.22. The molecule has 0 aliphatic carbocycles. The Balaban J connectivity index is 1.52. The summed E-state index contributed by atoms with van der Waals surface area (Å²) in [7, 11) is 7.87. The van der Waals surface area contributed by atoms with Crippen LogP contribution in [0.25, 0.3) is 11.5 Å². The Morgan fingerprint density at radius 1 is 1.22 bits per heavy atom. The van der Waals surface area contributed by atoms with Crippen LogP contribution in [0.4, 0.5) is 16.5 Å². The van der Waals surface area contributed by atoms with Gasteiger partial charge in [0.2, 0.25) is 5.89 Å². The number of urea groups is 1. The first-order valence-corrected chi connectivity index (χ1v) is 8.97.